The van der Waals surface area contributed by atoms with E-state index in [9.17, 15) is 9.90 Å². The van der Waals surface area contributed by atoms with E-state index < -0.39 is 12.1 Å². The zero-order chi connectivity index (χ0) is 14.7. The van der Waals surface area contributed by atoms with E-state index in [2.05, 4.69) is 15.9 Å². The molecular weight excluding hydrogens is 324 g/mol. The Bertz CT molecular complexity index is 513. The van der Waals surface area contributed by atoms with Crippen LogP contribution >= 0.6 is 15.9 Å². The number of aryl methyl sites for hydroxylation is 1. The number of rotatable bonds is 4. The van der Waals surface area contributed by atoms with Gasteiger partial charge in [0.25, 0.3) is 0 Å². The number of aliphatic hydroxyl groups is 1. The van der Waals surface area contributed by atoms with Crippen molar-refractivity contribution in [3.63, 3.8) is 0 Å². The van der Waals surface area contributed by atoms with Crippen LogP contribution in [0.15, 0.2) is 10.5 Å². The molecule has 5 heteroatoms. The standard InChI is InChI=1S/C15H19BrO4/c1-3-20-15(18)13(17)11-8-9-6-4-5-7-10(9)12(16)14(11)19-2/h8,13,17H,3-7H2,1-2H3. The Morgan fingerprint density at radius 3 is 2.80 bits per heavy atom. The van der Waals surface area contributed by atoms with Gasteiger partial charge in [0.05, 0.1) is 18.2 Å². The molecular formula is C15H19BrO4. The molecule has 1 aliphatic rings. The first-order valence-corrected chi connectivity index (χ1v) is 7.62. The molecule has 0 bridgehead atoms. The predicted octanol–water partition coefficient (Wildman–Crippen LogP) is 2.93. The summed E-state index contributed by atoms with van der Waals surface area (Å²) in [5.41, 5.74) is 2.86. The van der Waals surface area contributed by atoms with E-state index in [1.165, 1.54) is 18.2 Å². The quantitative estimate of drug-likeness (QED) is 0.854. The lowest BCUT2D eigenvalue weighted by atomic mass is 9.89. The highest BCUT2D eigenvalue weighted by molar-refractivity contribution is 9.10. The van der Waals surface area contributed by atoms with Crippen LogP contribution in [0.1, 0.15) is 42.6 Å². The third kappa shape index (κ3) is 2.83. The van der Waals surface area contributed by atoms with Crippen molar-refractivity contribution in [1.29, 1.82) is 0 Å². The van der Waals surface area contributed by atoms with Crippen molar-refractivity contribution in [2.45, 2.75) is 38.7 Å². The van der Waals surface area contributed by atoms with Gasteiger partial charge in [0.2, 0.25) is 0 Å². The first kappa shape index (κ1) is 15.3. The van der Waals surface area contributed by atoms with Crippen LogP contribution in [-0.4, -0.2) is 24.8 Å². The molecule has 1 N–H and O–H groups in total. The molecule has 0 amide bonds. The van der Waals surface area contributed by atoms with Crippen LogP contribution in [0.3, 0.4) is 0 Å². The number of carbonyl (C=O) groups excluding carboxylic acids is 1. The highest BCUT2D eigenvalue weighted by atomic mass is 79.9. The summed E-state index contributed by atoms with van der Waals surface area (Å²) in [4.78, 5) is 11.7. The van der Waals surface area contributed by atoms with Crippen molar-refractivity contribution in [1.82, 2.24) is 0 Å². The second-order valence-electron chi connectivity index (χ2n) is 4.81. The van der Waals surface area contributed by atoms with Gasteiger partial charge in [0.1, 0.15) is 5.75 Å². The van der Waals surface area contributed by atoms with Gasteiger partial charge in [0.15, 0.2) is 6.10 Å². The van der Waals surface area contributed by atoms with Crippen LogP contribution in [0, 0.1) is 0 Å². The summed E-state index contributed by atoms with van der Waals surface area (Å²) in [5.74, 6) is -0.125. The van der Waals surface area contributed by atoms with Crippen molar-refractivity contribution < 1.29 is 19.4 Å². The van der Waals surface area contributed by atoms with Crippen molar-refractivity contribution in [3.8, 4) is 5.75 Å². The molecule has 1 atom stereocenters. The maximum atomic E-state index is 11.7. The molecule has 0 heterocycles. The summed E-state index contributed by atoms with van der Waals surface area (Å²) in [6, 6.07) is 1.87. The summed E-state index contributed by atoms with van der Waals surface area (Å²) in [6.07, 6.45) is 2.91. The topological polar surface area (TPSA) is 55.8 Å². The number of fused-ring (bicyclic) bond motifs is 1. The average molecular weight is 343 g/mol. The number of benzene rings is 1. The minimum atomic E-state index is -1.31. The van der Waals surface area contributed by atoms with Gasteiger partial charge in [-0.3, -0.25) is 0 Å². The number of aliphatic hydroxyl groups excluding tert-OH is 1. The fourth-order valence-electron chi connectivity index (χ4n) is 2.61. The number of esters is 1. The summed E-state index contributed by atoms with van der Waals surface area (Å²) in [6.45, 7) is 1.95. The normalized spacial score (nSPS) is 15.4. The van der Waals surface area contributed by atoms with E-state index in [-0.39, 0.29) is 6.61 Å². The lowest BCUT2D eigenvalue weighted by Crippen LogP contribution is -2.18. The third-order valence-corrected chi connectivity index (χ3v) is 4.41. The van der Waals surface area contributed by atoms with Gasteiger partial charge in [-0.2, -0.15) is 0 Å². The molecule has 0 fully saturated rings. The van der Waals surface area contributed by atoms with E-state index in [4.69, 9.17) is 9.47 Å². The summed E-state index contributed by atoms with van der Waals surface area (Å²) < 4.78 is 11.1. The summed E-state index contributed by atoms with van der Waals surface area (Å²) >= 11 is 3.55. The fraction of sp³-hybridized carbons (Fsp3) is 0.533. The number of carbonyl (C=O) groups is 1. The molecule has 20 heavy (non-hydrogen) atoms. The van der Waals surface area contributed by atoms with E-state index in [0.29, 0.717) is 11.3 Å². The Hall–Kier alpha value is -1.07. The second-order valence-corrected chi connectivity index (χ2v) is 5.61. The van der Waals surface area contributed by atoms with E-state index in [1.807, 2.05) is 6.07 Å². The van der Waals surface area contributed by atoms with Gasteiger partial charge in [-0.15, -0.1) is 0 Å². The largest absolute Gasteiger partial charge is 0.495 e. The molecule has 110 valence electrons. The molecule has 0 saturated heterocycles. The van der Waals surface area contributed by atoms with Crippen molar-refractivity contribution >= 4 is 21.9 Å². The first-order valence-electron chi connectivity index (χ1n) is 6.83. The molecule has 0 aromatic heterocycles. The Kier molecular flexibility index (Phi) is 5.05. The second kappa shape index (κ2) is 6.59. The van der Waals surface area contributed by atoms with Crippen LogP contribution in [0.5, 0.6) is 5.75 Å². The average Bonchev–Trinajstić information content (AvgIpc) is 2.46. The van der Waals surface area contributed by atoms with Gasteiger partial charge < -0.3 is 14.6 Å². The predicted molar refractivity (Wildman–Crippen MR) is 78.9 cm³/mol. The lowest BCUT2D eigenvalue weighted by molar-refractivity contribution is -0.153. The Morgan fingerprint density at radius 1 is 1.45 bits per heavy atom. The molecule has 1 aromatic rings. The highest BCUT2D eigenvalue weighted by Gasteiger charge is 2.27. The molecule has 0 radical (unpaired) electrons. The van der Waals surface area contributed by atoms with Gasteiger partial charge in [0, 0.05) is 5.56 Å². The minimum Gasteiger partial charge on any atom is -0.495 e. The smallest absolute Gasteiger partial charge is 0.339 e. The van der Waals surface area contributed by atoms with Gasteiger partial charge in [-0.05, 0) is 65.7 Å². The summed E-state index contributed by atoms with van der Waals surface area (Å²) in [7, 11) is 1.54. The maximum absolute atomic E-state index is 11.7. The number of halogens is 1. The molecule has 1 aliphatic carbocycles. The molecule has 0 aliphatic heterocycles. The van der Waals surface area contributed by atoms with Gasteiger partial charge in [-0.25, -0.2) is 4.79 Å². The Balaban J connectivity index is 2.46. The Morgan fingerprint density at radius 2 is 2.15 bits per heavy atom. The van der Waals surface area contributed by atoms with Crippen LogP contribution in [0.2, 0.25) is 0 Å². The third-order valence-electron chi connectivity index (χ3n) is 3.58. The van der Waals surface area contributed by atoms with Crippen LogP contribution in [-0.2, 0) is 22.4 Å². The molecule has 4 nitrogen and oxygen atoms in total. The first-order chi connectivity index (χ1) is 9.60. The lowest BCUT2D eigenvalue weighted by Gasteiger charge is -2.23. The van der Waals surface area contributed by atoms with Gasteiger partial charge in [-0.1, -0.05) is 0 Å². The van der Waals surface area contributed by atoms with E-state index in [0.717, 1.165) is 30.2 Å². The van der Waals surface area contributed by atoms with Crippen LogP contribution in [0.25, 0.3) is 0 Å². The Labute approximate surface area is 127 Å². The molecule has 1 unspecified atom stereocenters. The van der Waals surface area contributed by atoms with Crippen molar-refractivity contribution in [2.24, 2.45) is 0 Å². The van der Waals surface area contributed by atoms with E-state index >= 15 is 0 Å². The minimum absolute atomic E-state index is 0.240. The van der Waals surface area contributed by atoms with Crippen molar-refractivity contribution in [2.75, 3.05) is 13.7 Å². The monoisotopic (exact) mass is 342 g/mol. The zero-order valence-electron chi connectivity index (χ0n) is 11.7. The summed E-state index contributed by atoms with van der Waals surface area (Å²) in [5, 5.41) is 10.2. The molecule has 1 aromatic carbocycles. The maximum Gasteiger partial charge on any atom is 0.339 e. The van der Waals surface area contributed by atoms with Crippen molar-refractivity contribution in [3.05, 3.63) is 27.2 Å². The van der Waals surface area contributed by atoms with E-state index in [1.54, 1.807) is 6.92 Å². The number of methoxy groups -OCH3 is 1. The molecule has 0 spiro atoms. The highest BCUT2D eigenvalue weighted by Crippen LogP contribution is 2.40. The fourth-order valence-corrected chi connectivity index (χ4v) is 3.46. The molecule has 0 saturated carbocycles. The number of hydrogen-bond donors (Lipinski definition) is 1. The number of hydrogen-bond acceptors (Lipinski definition) is 4. The van der Waals surface area contributed by atoms with Crippen LogP contribution in [0.4, 0.5) is 0 Å². The molecule has 2 rings (SSSR count). The number of ether oxygens (including phenoxy) is 2. The van der Waals surface area contributed by atoms with Gasteiger partial charge >= 0.3 is 5.97 Å². The van der Waals surface area contributed by atoms with Crippen LogP contribution < -0.4 is 4.74 Å². The SMILES string of the molecule is CCOC(=O)C(O)c1cc2c(c(Br)c1OC)CCCC2. The zero-order valence-corrected chi connectivity index (χ0v) is 13.3.